The van der Waals surface area contributed by atoms with Gasteiger partial charge in [-0.1, -0.05) is 30.3 Å². The molecule has 1 heterocycles. The molecule has 2 aromatic rings. The zero-order chi connectivity index (χ0) is 14.7. The molecule has 1 amide bonds. The third kappa shape index (κ3) is 3.38. The van der Waals surface area contributed by atoms with Crippen LogP contribution in [0.25, 0.3) is 6.08 Å². The highest BCUT2D eigenvalue weighted by atomic mass is 32.2. The van der Waals surface area contributed by atoms with Gasteiger partial charge in [-0.2, -0.15) is 0 Å². The van der Waals surface area contributed by atoms with E-state index in [1.807, 2.05) is 30.3 Å². The number of rotatable bonds is 2. The summed E-state index contributed by atoms with van der Waals surface area (Å²) in [6.07, 6.45) is 1.72. The van der Waals surface area contributed by atoms with Crippen molar-refractivity contribution in [2.75, 3.05) is 0 Å². The Bertz CT molecular complexity index is 724. The van der Waals surface area contributed by atoms with Gasteiger partial charge < -0.3 is 5.32 Å². The zero-order valence-corrected chi connectivity index (χ0v) is 11.7. The van der Waals surface area contributed by atoms with Gasteiger partial charge in [0, 0.05) is 0 Å². The molecule has 1 N–H and O–H groups in total. The van der Waals surface area contributed by atoms with E-state index in [1.165, 1.54) is 23.9 Å². The molecule has 1 aliphatic rings. The third-order valence-corrected chi connectivity index (χ3v) is 3.72. The molecule has 0 saturated carbocycles. The number of carbonyl (C=O) groups is 1. The van der Waals surface area contributed by atoms with Crippen molar-refractivity contribution in [1.29, 1.82) is 0 Å². The number of amides is 1. The van der Waals surface area contributed by atoms with Crippen LogP contribution < -0.4 is 5.32 Å². The fourth-order valence-electron chi connectivity index (χ4n) is 1.81. The predicted octanol–water partition coefficient (Wildman–Crippen LogP) is 3.72. The second-order valence-corrected chi connectivity index (χ2v) is 5.40. The van der Waals surface area contributed by atoms with Gasteiger partial charge in [-0.25, -0.2) is 9.38 Å². The summed E-state index contributed by atoms with van der Waals surface area (Å²) in [7, 11) is 0. The summed E-state index contributed by atoms with van der Waals surface area (Å²) >= 11 is 1.27. The van der Waals surface area contributed by atoms with Crippen LogP contribution in [0.15, 0.2) is 64.5 Å². The SMILES string of the molecule is O=C1NC(=Nc2ccccc2)SC1=Cc1ccc(F)cc1. The molecule has 3 nitrogen and oxygen atoms in total. The molecule has 0 spiro atoms. The fraction of sp³-hybridized carbons (Fsp3) is 0. The quantitative estimate of drug-likeness (QED) is 0.859. The van der Waals surface area contributed by atoms with Crippen LogP contribution in [0, 0.1) is 5.82 Å². The van der Waals surface area contributed by atoms with Crippen LogP contribution in [0.3, 0.4) is 0 Å². The number of nitrogens with one attached hydrogen (secondary N) is 1. The van der Waals surface area contributed by atoms with Crippen molar-refractivity contribution >= 4 is 34.6 Å². The molecule has 0 unspecified atom stereocenters. The highest BCUT2D eigenvalue weighted by Gasteiger charge is 2.23. The first-order valence-electron chi connectivity index (χ1n) is 6.31. The molecule has 1 fully saturated rings. The molecule has 21 heavy (non-hydrogen) atoms. The normalized spacial score (nSPS) is 18.2. The highest BCUT2D eigenvalue weighted by Crippen LogP contribution is 2.27. The highest BCUT2D eigenvalue weighted by molar-refractivity contribution is 8.18. The van der Waals surface area contributed by atoms with E-state index in [4.69, 9.17) is 0 Å². The van der Waals surface area contributed by atoms with Crippen LogP contribution in [0.4, 0.5) is 10.1 Å². The topological polar surface area (TPSA) is 41.5 Å². The Hall–Kier alpha value is -2.40. The van der Waals surface area contributed by atoms with E-state index >= 15 is 0 Å². The van der Waals surface area contributed by atoms with Crippen LogP contribution >= 0.6 is 11.8 Å². The lowest BCUT2D eigenvalue weighted by Crippen LogP contribution is -2.19. The predicted molar refractivity (Wildman–Crippen MR) is 83.6 cm³/mol. The summed E-state index contributed by atoms with van der Waals surface area (Å²) in [6, 6.07) is 15.4. The van der Waals surface area contributed by atoms with Gasteiger partial charge in [0.2, 0.25) is 0 Å². The Morgan fingerprint density at radius 1 is 1.05 bits per heavy atom. The number of benzene rings is 2. The Morgan fingerprint density at radius 3 is 2.48 bits per heavy atom. The number of amidine groups is 1. The summed E-state index contributed by atoms with van der Waals surface area (Å²) in [4.78, 5) is 16.8. The van der Waals surface area contributed by atoms with Crippen molar-refractivity contribution in [3.05, 3.63) is 70.9 Å². The molecule has 0 atom stereocenters. The van der Waals surface area contributed by atoms with E-state index in [-0.39, 0.29) is 11.7 Å². The largest absolute Gasteiger partial charge is 0.300 e. The number of aliphatic imine (C=N–C) groups is 1. The van der Waals surface area contributed by atoms with Crippen LogP contribution in [0.2, 0.25) is 0 Å². The summed E-state index contributed by atoms with van der Waals surface area (Å²) in [5.74, 6) is -0.494. The van der Waals surface area contributed by atoms with Gasteiger partial charge in [-0.3, -0.25) is 4.79 Å². The van der Waals surface area contributed by atoms with Crippen LogP contribution in [0.1, 0.15) is 5.56 Å². The first-order valence-corrected chi connectivity index (χ1v) is 7.12. The number of hydrogen-bond donors (Lipinski definition) is 1. The Balaban J connectivity index is 1.82. The fourth-order valence-corrected chi connectivity index (χ4v) is 2.65. The Morgan fingerprint density at radius 2 is 1.76 bits per heavy atom. The smallest absolute Gasteiger partial charge is 0.264 e. The maximum atomic E-state index is 12.9. The first-order chi connectivity index (χ1) is 10.2. The van der Waals surface area contributed by atoms with Crippen molar-refractivity contribution in [1.82, 2.24) is 5.32 Å². The second-order valence-electron chi connectivity index (χ2n) is 4.37. The number of hydrogen-bond acceptors (Lipinski definition) is 3. The van der Waals surface area contributed by atoms with E-state index in [2.05, 4.69) is 10.3 Å². The number of nitrogens with zero attached hydrogens (tertiary/aromatic N) is 1. The summed E-state index contributed by atoms with van der Waals surface area (Å²) in [6.45, 7) is 0. The Kier molecular flexibility index (Phi) is 3.83. The van der Waals surface area contributed by atoms with Gasteiger partial charge in [0.1, 0.15) is 5.82 Å². The first kappa shape index (κ1) is 13.6. The van der Waals surface area contributed by atoms with E-state index in [0.717, 1.165) is 11.3 Å². The summed E-state index contributed by atoms with van der Waals surface area (Å²) < 4.78 is 12.9. The molecular formula is C16H11FN2OS. The second kappa shape index (κ2) is 5.93. The number of halogens is 1. The average molecular weight is 298 g/mol. The van der Waals surface area contributed by atoms with Gasteiger partial charge in [0.15, 0.2) is 5.17 Å². The molecule has 2 aromatic carbocycles. The number of para-hydroxylation sites is 1. The average Bonchev–Trinajstić information content (AvgIpc) is 2.82. The van der Waals surface area contributed by atoms with Crippen LogP contribution in [0.5, 0.6) is 0 Å². The summed E-state index contributed by atoms with van der Waals surface area (Å²) in [5.41, 5.74) is 1.55. The molecule has 1 saturated heterocycles. The van der Waals surface area contributed by atoms with E-state index in [9.17, 15) is 9.18 Å². The monoisotopic (exact) mass is 298 g/mol. The van der Waals surface area contributed by atoms with Gasteiger partial charge in [-0.15, -0.1) is 0 Å². The molecule has 0 aliphatic carbocycles. The van der Waals surface area contributed by atoms with Crippen molar-refractivity contribution in [2.45, 2.75) is 0 Å². The zero-order valence-electron chi connectivity index (χ0n) is 10.9. The number of thioether (sulfide) groups is 1. The van der Waals surface area contributed by atoms with E-state index < -0.39 is 0 Å². The Labute approximate surface area is 125 Å². The maximum Gasteiger partial charge on any atom is 0.264 e. The molecule has 104 valence electrons. The lowest BCUT2D eigenvalue weighted by atomic mass is 10.2. The van der Waals surface area contributed by atoms with Crippen LogP contribution in [-0.4, -0.2) is 11.1 Å². The molecule has 0 radical (unpaired) electrons. The van der Waals surface area contributed by atoms with E-state index in [0.29, 0.717) is 10.1 Å². The lowest BCUT2D eigenvalue weighted by molar-refractivity contribution is -0.115. The van der Waals surface area contributed by atoms with Crippen molar-refractivity contribution in [3.8, 4) is 0 Å². The van der Waals surface area contributed by atoms with Gasteiger partial charge in [-0.05, 0) is 47.7 Å². The molecule has 1 aliphatic heterocycles. The van der Waals surface area contributed by atoms with E-state index in [1.54, 1.807) is 18.2 Å². The minimum atomic E-state index is -0.299. The minimum absolute atomic E-state index is 0.195. The molecular weight excluding hydrogens is 287 g/mol. The molecule has 3 rings (SSSR count). The van der Waals surface area contributed by atoms with Crippen molar-refractivity contribution in [2.24, 2.45) is 4.99 Å². The molecule has 0 bridgehead atoms. The van der Waals surface area contributed by atoms with Crippen molar-refractivity contribution in [3.63, 3.8) is 0 Å². The summed E-state index contributed by atoms with van der Waals surface area (Å²) in [5, 5.41) is 3.26. The minimum Gasteiger partial charge on any atom is -0.300 e. The van der Waals surface area contributed by atoms with Gasteiger partial charge in [0.25, 0.3) is 5.91 Å². The maximum absolute atomic E-state index is 12.9. The van der Waals surface area contributed by atoms with Crippen LogP contribution in [-0.2, 0) is 4.79 Å². The third-order valence-electron chi connectivity index (χ3n) is 2.81. The standard InChI is InChI=1S/C16H11FN2OS/c17-12-8-6-11(7-9-12)10-14-15(20)19-16(21-14)18-13-4-2-1-3-5-13/h1-10H,(H,18,19,20). The number of carbonyl (C=O) groups excluding carboxylic acids is 1. The molecule has 5 heteroatoms. The van der Waals surface area contributed by atoms with Crippen molar-refractivity contribution < 1.29 is 9.18 Å². The molecule has 0 aromatic heterocycles. The van der Waals surface area contributed by atoms with Gasteiger partial charge >= 0.3 is 0 Å². The van der Waals surface area contributed by atoms with Gasteiger partial charge in [0.05, 0.1) is 10.6 Å². The lowest BCUT2D eigenvalue weighted by Gasteiger charge is -1.95.